The van der Waals surface area contributed by atoms with Crippen LogP contribution in [0.15, 0.2) is 17.0 Å². The van der Waals surface area contributed by atoms with E-state index in [2.05, 4.69) is 17.0 Å². The maximum absolute atomic E-state index is 14.2. The van der Waals surface area contributed by atoms with Crippen LogP contribution in [0.25, 0.3) is 0 Å². The van der Waals surface area contributed by atoms with Gasteiger partial charge in [-0.15, -0.1) is 0 Å². The van der Waals surface area contributed by atoms with E-state index in [1.54, 1.807) is 0 Å². The van der Waals surface area contributed by atoms with Gasteiger partial charge in [0, 0.05) is 18.7 Å². The molecule has 1 amide bonds. The lowest BCUT2D eigenvalue weighted by atomic mass is 10.00. The molecule has 5 nitrogen and oxygen atoms in total. The highest BCUT2D eigenvalue weighted by Gasteiger charge is 2.24. The number of unbranched alkanes of at least 4 members (excludes halogenated alkanes) is 1. The van der Waals surface area contributed by atoms with Gasteiger partial charge < -0.3 is 5.32 Å². The van der Waals surface area contributed by atoms with E-state index in [-0.39, 0.29) is 23.1 Å². The zero-order valence-electron chi connectivity index (χ0n) is 14.2. The highest BCUT2D eigenvalue weighted by molar-refractivity contribution is 7.89. The smallest absolute Gasteiger partial charge is 0.243 e. The Morgan fingerprint density at radius 3 is 2.71 bits per heavy atom. The maximum Gasteiger partial charge on any atom is 0.243 e. The van der Waals surface area contributed by atoms with Gasteiger partial charge in [0.15, 0.2) is 0 Å². The van der Waals surface area contributed by atoms with Crippen molar-refractivity contribution in [2.24, 2.45) is 5.92 Å². The predicted octanol–water partition coefficient (Wildman–Crippen LogP) is 3.21. The third-order valence-electron chi connectivity index (χ3n) is 4.45. The first-order chi connectivity index (χ1) is 11.4. The van der Waals surface area contributed by atoms with Gasteiger partial charge in [-0.05, 0) is 36.5 Å². The summed E-state index contributed by atoms with van der Waals surface area (Å²) in [4.78, 5) is 11.0. The molecule has 134 valence electrons. The van der Waals surface area contributed by atoms with Crippen LogP contribution in [0.2, 0.25) is 0 Å². The van der Waals surface area contributed by atoms with Crippen LogP contribution in [0.4, 0.5) is 10.1 Å². The number of fused-ring (bicyclic) bond motifs is 1. The number of halogens is 1. The number of hydrogen-bond acceptors (Lipinski definition) is 3. The number of benzene rings is 1. The Kier molecular flexibility index (Phi) is 6.34. The molecule has 0 spiro atoms. The number of hydrogen-bond donors (Lipinski definition) is 2. The quantitative estimate of drug-likeness (QED) is 0.751. The molecule has 0 fully saturated rings. The van der Waals surface area contributed by atoms with Gasteiger partial charge in [-0.3, -0.25) is 4.79 Å². The molecule has 2 rings (SSSR count). The number of carbonyl (C=O) groups excluding carboxylic acids is 1. The molecule has 1 unspecified atom stereocenters. The van der Waals surface area contributed by atoms with E-state index in [0.29, 0.717) is 24.2 Å². The largest absolute Gasteiger partial charge is 0.326 e. The standard InChI is InChI=1S/C17H25FN2O3S/c1-3-5-6-12(4-2)11-19-24(22,23)16-9-13-7-8-17(21)20-15(13)10-14(16)18/h9-10,12,19H,3-8,11H2,1-2H3,(H,20,21). The Labute approximate surface area is 143 Å². The van der Waals surface area contributed by atoms with Crippen molar-refractivity contribution in [1.29, 1.82) is 0 Å². The van der Waals surface area contributed by atoms with E-state index >= 15 is 0 Å². The first kappa shape index (κ1) is 18.9. The lowest BCUT2D eigenvalue weighted by Gasteiger charge is -2.19. The Balaban J connectivity index is 2.15. The third-order valence-corrected chi connectivity index (χ3v) is 5.89. The number of aryl methyl sites for hydroxylation is 1. The van der Waals surface area contributed by atoms with Crippen LogP contribution in [0.1, 0.15) is 51.5 Å². The number of carbonyl (C=O) groups is 1. The summed E-state index contributed by atoms with van der Waals surface area (Å²) in [6.45, 7) is 4.43. The Morgan fingerprint density at radius 2 is 2.04 bits per heavy atom. The fourth-order valence-electron chi connectivity index (χ4n) is 2.83. The van der Waals surface area contributed by atoms with Crippen molar-refractivity contribution < 1.29 is 17.6 Å². The van der Waals surface area contributed by atoms with Gasteiger partial charge in [-0.25, -0.2) is 17.5 Å². The Hall–Kier alpha value is -1.47. The fourth-order valence-corrected chi connectivity index (χ4v) is 4.06. The van der Waals surface area contributed by atoms with E-state index in [1.165, 1.54) is 6.07 Å². The first-order valence-electron chi connectivity index (χ1n) is 8.49. The fraction of sp³-hybridized carbons (Fsp3) is 0.588. The second kappa shape index (κ2) is 8.07. The summed E-state index contributed by atoms with van der Waals surface area (Å²) >= 11 is 0. The molecule has 0 bridgehead atoms. The van der Waals surface area contributed by atoms with Gasteiger partial charge in [0.05, 0.1) is 0 Å². The molecule has 1 heterocycles. The van der Waals surface area contributed by atoms with Gasteiger partial charge in [0.1, 0.15) is 10.7 Å². The van der Waals surface area contributed by atoms with Crippen molar-refractivity contribution in [3.05, 3.63) is 23.5 Å². The minimum absolute atomic E-state index is 0.183. The Bertz CT molecular complexity index is 704. The minimum atomic E-state index is -3.91. The normalized spacial score (nSPS) is 15.7. The molecule has 24 heavy (non-hydrogen) atoms. The average Bonchev–Trinajstić information content (AvgIpc) is 2.54. The van der Waals surface area contributed by atoms with Gasteiger partial charge in [-0.2, -0.15) is 0 Å². The van der Waals surface area contributed by atoms with Crippen LogP contribution in [0, 0.1) is 11.7 Å². The molecule has 7 heteroatoms. The number of amides is 1. The maximum atomic E-state index is 14.2. The number of nitrogens with one attached hydrogen (secondary N) is 2. The zero-order valence-corrected chi connectivity index (χ0v) is 15.0. The Morgan fingerprint density at radius 1 is 1.29 bits per heavy atom. The second-order valence-corrected chi connectivity index (χ2v) is 7.99. The molecule has 0 aromatic heterocycles. The van der Waals surface area contributed by atoms with Crippen LogP contribution in [0.3, 0.4) is 0 Å². The van der Waals surface area contributed by atoms with Crippen LogP contribution >= 0.6 is 0 Å². The highest BCUT2D eigenvalue weighted by atomic mass is 32.2. The number of sulfonamides is 1. The van der Waals surface area contributed by atoms with E-state index in [9.17, 15) is 17.6 Å². The molecule has 1 aromatic rings. The summed E-state index contributed by atoms with van der Waals surface area (Å²) in [6, 6.07) is 2.43. The van der Waals surface area contributed by atoms with Crippen LogP contribution in [0.5, 0.6) is 0 Å². The summed E-state index contributed by atoms with van der Waals surface area (Å²) in [5.41, 5.74) is 1.01. The summed E-state index contributed by atoms with van der Waals surface area (Å²) in [7, 11) is -3.91. The van der Waals surface area contributed by atoms with Gasteiger partial charge >= 0.3 is 0 Å². The van der Waals surface area contributed by atoms with Crippen LogP contribution in [-0.4, -0.2) is 20.9 Å². The molecule has 0 aliphatic carbocycles. The van der Waals surface area contributed by atoms with Crippen molar-refractivity contribution in [3.63, 3.8) is 0 Å². The van der Waals surface area contributed by atoms with E-state index in [4.69, 9.17) is 0 Å². The molecular formula is C17H25FN2O3S. The van der Waals surface area contributed by atoms with Gasteiger partial charge in [-0.1, -0.05) is 33.1 Å². The summed E-state index contributed by atoms with van der Waals surface area (Å²) in [5, 5.41) is 2.57. The molecule has 1 aliphatic rings. The lowest BCUT2D eigenvalue weighted by molar-refractivity contribution is -0.116. The van der Waals surface area contributed by atoms with Crippen molar-refractivity contribution in [3.8, 4) is 0 Å². The van der Waals surface area contributed by atoms with Gasteiger partial charge in [0.2, 0.25) is 15.9 Å². The van der Waals surface area contributed by atoms with E-state index in [0.717, 1.165) is 31.7 Å². The molecule has 1 atom stereocenters. The molecule has 1 aliphatic heterocycles. The summed E-state index contributed by atoms with van der Waals surface area (Å²) in [6.07, 6.45) is 4.63. The van der Waals surface area contributed by atoms with Crippen molar-refractivity contribution in [1.82, 2.24) is 4.72 Å². The van der Waals surface area contributed by atoms with Crippen LogP contribution < -0.4 is 10.0 Å². The van der Waals surface area contributed by atoms with E-state index < -0.39 is 15.8 Å². The number of rotatable bonds is 8. The monoisotopic (exact) mass is 356 g/mol. The van der Waals surface area contributed by atoms with Crippen LogP contribution in [-0.2, 0) is 21.2 Å². The second-order valence-electron chi connectivity index (χ2n) is 6.26. The van der Waals surface area contributed by atoms with Gasteiger partial charge in [0.25, 0.3) is 0 Å². The predicted molar refractivity (Wildman–Crippen MR) is 91.8 cm³/mol. The lowest BCUT2D eigenvalue weighted by Crippen LogP contribution is -2.30. The van der Waals surface area contributed by atoms with E-state index in [1.807, 2.05) is 6.92 Å². The van der Waals surface area contributed by atoms with Crippen molar-refractivity contribution in [2.45, 2.75) is 57.3 Å². The summed E-state index contributed by atoms with van der Waals surface area (Å²) in [5.74, 6) is -0.776. The molecule has 0 radical (unpaired) electrons. The minimum Gasteiger partial charge on any atom is -0.326 e. The van der Waals surface area contributed by atoms with Crippen molar-refractivity contribution >= 4 is 21.6 Å². The average molecular weight is 356 g/mol. The molecular weight excluding hydrogens is 331 g/mol. The molecule has 0 saturated heterocycles. The first-order valence-corrected chi connectivity index (χ1v) is 9.97. The molecule has 2 N–H and O–H groups in total. The van der Waals surface area contributed by atoms with Crippen molar-refractivity contribution in [2.75, 3.05) is 11.9 Å². The topological polar surface area (TPSA) is 75.3 Å². The molecule has 1 aromatic carbocycles. The molecule has 0 saturated carbocycles. The summed E-state index contributed by atoms with van der Waals surface area (Å²) < 4.78 is 41.7. The number of anilines is 1. The third kappa shape index (κ3) is 4.54. The zero-order chi connectivity index (χ0) is 17.7. The SMILES string of the molecule is CCCCC(CC)CNS(=O)(=O)c1cc2c(cc1F)NC(=O)CC2. The highest BCUT2D eigenvalue weighted by Crippen LogP contribution is 2.28.